The van der Waals surface area contributed by atoms with Crippen LogP contribution in [-0.4, -0.2) is 17.2 Å². The highest BCUT2D eigenvalue weighted by Crippen LogP contribution is 2.32. The summed E-state index contributed by atoms with van der Waals surface area (Å²) < 4.78 is 37.3. The Morgan fingerprint density at radius 2 is 1.82 bits per heavy atom. The molecule has 0 fully saturated rings. The van der Waals surface area contributed by atoms with Crippen molar-refractivity contribution in [1.82, 2.24) is 5.43 Å². The second-order valence-electron chi connectivity index (χ2n) is 4.34. The standard InChI is InChI=1S/C15H11F3N2O2/c16-15(17,18)12-7-6-11(13(21)8-12)9-19-20-14(22)10-4-2-1-3-5-10/h1-9,21H,(H,20,22)/b19-9+. The van der Waals surface area contributed by atoms with Gasteiger partial charge in [0.15, 0.2) is 0 Å². The first-order valence-electron chi connectivity index (χ1n) is 6.16. The summed E-state index contributed by atoms with van der Waals surface area (Å²) in [5.74, 6) is -1.05. The van der Waals surface area contributed by atoms with Gasteiger partial charge in [0.05, 0.1) is 11.8 Å². The van der Waals surface area contributed by atoms with Crippen molar-refractivity contribution in [3.8, 4) is 5.75 Å². The number of phenolic OH excluding ortho intramolecular Hbond substituents is 1. The van der Waals surface area contributed by atoms with E-state index in [0.717, 1.165) is 18.3 Å². The van der Waals surface area contributed by atoms with Gasteiger partial charge >= 0.3 is 6.18 Å². The second kappa shape index (κ2) is 6.30. The molecule has 22 heavy (non-hydrogen) atoms. The highest BCUT2D eigenvalue weighted by molar-refractivity contribution is 5.95. The number of phenols is 1. The van der Waals surface area contributed by atoms with Gasteiger partial charge in [0.25, 0.3) is 5.91 Å². The van der Waals surface area contributed by atoms with E-state index in [1.807, 2.05) is 0 Å². The zero-order valence-corrected chi connectivity index (χ0v) is 11.1. The summed E-state index contributed by atoms with van der Waals surface area (Å²) in [5, 5.41) is 13.1. The third-order valence-electron chi connectivity index (χ3n) is 2.76. The maximum atomic E-state index is 12.4. The van der Waals surface area contributed by atoms with Gasteiger partial charge in [0.1, 0.15) is 5.75 Å². The van der Waals surface area contributed by atoms with E-state index < -0.39 is 23.4 Å². The fourth-order valence-corrected chi connectivity index (χ4v) is 1.64. The van der Waals surface area contributed by atoms with Crippen LogP contribution in [0, 0.1) is 0 Å². The number of nitrogens with one attached hydrogen (secondary N) is 1. The topological polar surface area (TPSA) is 61.7 Å². The van der Waals surface area contributed by atoms with Crippen molar-refractivity contribution in [2.24, 2.45) is 5.10 Å². The van der Waals surface area contributed by atoms with E-state index in [-0.39, 0.29) is 5.56 Å². The average molecular weight is 308 g/mol. The van der Waals surface area contributed by atoms with E-state index >= 15 is 0 Å². The minimum atomic E-state index is -4.53. The molecule has 0 spiro atoms. The summed E-state index contributed by atoms with van der Waals surface area (Å²) in [7, 11) is 0. The highest BCUT2D eigenvalue weighted by atomic mass is 19.4. The minimum Gasteiger partial charge on any atom is -0.507 e. The zero-order valence-electron chi connectivity index (χ0n) is 11.1. The molecule has 0 aromatic heterocycles. The number of hydrogen-bond acceptors (Lipinski definition) is 3. The quantitative estimate of drug-likeness (QED) is 0.676. The lowest BCUT2D eigenvalue weighted by atomic mass is 10.1. The SMILES string of the molecule is O=C(N/N=C/c1ccc(C(F)(F)F)cc1O)c1ccccc1. The van der Waals surface area contributed by atoms with Crippen LogP contribution in [0.1, 0.15) is 21.5 Å². The summed E-state index contributed by atoms with van der Waals surface area (Å²) in [6.45, 7) is 0. The molecule has 0 radical (unpaired) electrons. The number of hydrogen-bond donors (Lipinski definition) is 2. The summed E-state index contributed by atoms with van der Waals surface area (Å²) >= 11 is 0. The Labute approximate surface area is 123 Å². The zero-order chi connectivity index (χ0) is 16.2. The Kier molecular flexibility index (Phi) is 4.45. The predicted octanol–water partition coefficient (Wildman–Crippen LogP) is 3.17. The minimum absolute atomic E-state index is 0.0568. The van der Waals surface area contributed by atoms with Crippen LogP contribution < -0.4 is 5.43 Å². The maximum Gasteiger partial charge on any atom is 0.416 e. The Hall–Kier alpha value is -2.83. The van der Waals surface area contributed by atoms with Crippen LogP contribution in [0.4, 0.5) is 13.2 Å². The molecule has 0 saturated heterocycles. The van der Waals surface area contributed by atoms with Crippen molar-refractivity contribution in [1.29, 1.82) is 0 Å². The molecule has 0 aliphatic carbocycles. The number of nitrogens with zero attached hydrogens (tertiary/aromatic N) is 1. The van der Waals surface area contributed by atoms with E-state index in [0.29, 0.717) is 11.6 Å². The summed E-state index contributed by atoms with van der Waals surface area (Å²) in [4.78, 5) is 11.7. The van der Waals surface area contributed by atoms with Crippen LogP contribution in [0.5, 0.6) is 5.75 Å². The van der Waals surface area contributed by atoms with Crippen molar-refractivity contribution in [3.05, 3.63) is 65.2 Å². The Bertz CT molecular complexity index is 698. The maximum absolute atomic E-state index is 12.4. The van der Waals surface area contributed by atoms with Gasteiger partial charge in [-0.25, -0.2) is 5.43 Å². The van der Waals surface area contributed by atoms with Crippen LogP contribution in [-0.2, 0) is 6.18 Å². The summed E-state index contributed by atoms with van der Waals surface area (Å²) in [6.07, 6.45) is -3.47. The van der Waals surface area contributed by atoms with Gasteiger partial charge in [-0.15, -0.1) is 0 Å². The fourth-order valence-electron chi connectivity index (χ4n) is 1.64. The fraction of sp³-hybridized carbons (Fsp3) is 0.0667. The molecule has 0 atom stereocenters. The normalized spacial score (nSPS) is 11.6. The molecule has 4 nitrogen and oxygen atoms in total. The van der Waals surface area contributed by atoms with Crippen LogP contribution in [0.25, 0.3) is 0 Å². The Morgan fingerprint density at radius 3 is 2.41 bits per heavy atom. The second-order valence-corrected chi connectivity index (χ2v) is 4.34. The van der Waals surface area contributed by atoms with Crippen molar-refractivity contribution in [2.75, 3.05) is 0 Å². The number of carbonyl (C=O) groups is 1. The largest absolute Gasteiger partial charge is 0.507 e. The van der Waals surface area contributed by atoms with Gasteiger partial charge in [-0.3, -0.25) is 4.79 Å². The Balaban J connectivity index is 2.06. The number of alkyl halides is 3. The van der Waals surface area contributed by atoms with Crippen molar-refractivity contribution in [2.45, 2.75) is 6.18 Å². The monoisotopic (exact) mass is 308 g/mol. The number of aromatic hydroxyl groups is 1. The molecule has 0 aliphatic rings. The molecule has 2 aromatic carbocycles. The van der Waals surface area contributed by atoms with Crippen molar-refractivity contribution < 1.29 is 23.1 Å². The van der Waals surface area contributed by atoms with Crippen LogP contribution in [0.15, 0.2) is 53.6 Å². The number of benzene rings is 2. The molecule has 0 heterocycles. The first kappa shape index (κ1) is 15.6. The van der Waals surface area contributed by atoms with Crippen LogP contribution in [0.2, 0.25) is 0 Å². The van der Waals surface area contributed by atoms with Crippen molar-refractivity contribution >= 4 is 12.1 Å². The molecule has 2 N–H and O–H groups in total. The van der Waals surface area contributed by atoms with Crippen LogP contribution >= 0.6 is 0 Å². The van der Waals surface area contributed by atoms with Gasteiger partial charge < -0.3 is 5.11 Å². The van der Waals surface area contributed by atoms with Gasteiger partial charge in [0, 0.05) is 11.1 Å². The van der Waals surface area contributed by atoms with Gasteiger partial charge in [-0.05, 0) is 30.3 Å². The first-order valence-corrected chi connectivity index (χ1v) is 6.16. The summed E-state index contributed by atoms with van der Waals surface area (Å²) in [5.41, 5.74) is 1.70. The third kappa shape index (κ3) is 3.85. The molecular weight excluding hydrogens is 297 g/mol. The van der Waals surface area contributed by atoms with Crippen LogP contribution in [0.3, 0.4) is 0 Å². The predicted molar refractivity (Wildman–Crippen MR) is 74.6 cm³/mol. The molecule has 0 aliphatic heterocycles. The summed E-state index contributed by atoms with van der Waals surface area (Å²) in [6, 6.07) is 10.8. The van der Waals surface area contributed by atoms with E-state index in [1.165, 1.54) is 0 Å². The van der Waals surface area contributed by atoms with E-state index in [4.69, 9.17) is 0 Å². The molecule has 1 amide bonds. The average Bonchev–Trinajstić information content (AvgIpc) is 2.48. The van der Waals surface area contributed by atoms with E-state index in [1.54, 1.807) is 30.3 Å². The molecular formula is C15H11F3N2O2. The van der Waals surface area contributed by atoms with Gasteiger partial charge in [0.2, 0.25) is 0 Å². The number of hydrazone groups is 1. The van der Waals surface area contributed by atoms with Gasteiger partial charge in [-0.2, -0.15) is 18.3 Å². The van der Waals surface area contributed by atoms with E-state index in [2.05, 4.69) is 10.5 Å². The molecule has 0 bridgehead atoms. The number of halogens is 3. The molecule has 0 saturated carbocycles. The lowest BCUT2D eigenvalue weighted by molar-refractivity contribution is -0.137. The first-order chi connectivity index (χ1) is 10.4. The molecule has 2 aromatic rings. The Morgan fingerprint density at radius 1 is 1.14 bits per heavy atom. The number of carbonyl (C=O) groups excluding carboxylic acids is 1. The third-order valence-corrected chi connectivity index (χ3v) is 2.76. The number of amides is 1. The number of rotatable bonds is 3. The molecule has 2 rings (SSSR count). The highest BCUT2D eigenvalue weighted by Gasteiger charge is 2.30. The smallest absolute Gasteiger partial charge is 0.416 e. The molecule has 0 unspecified atom stereocenters. The molecule has 114 valence electrons. The van der Waals surface area contributed by atoms with E-state index in [9.17, 15) is 23.1 Å². The lowest BCUT2D eigenvalue weighted by Crippen LogP contribution is -2.17. The lowest BCUT2D eigenvalue weighted by Gasteiger charge is -2.07. The van der Waals surface area contributed by atoms with Crippen molar-refractivity contribution in [3.63, 3.8) is 0 Å². The van der Waals surface area contributed by atoms with Gasteiger partial charge in [-0.1, -0.05) is 18.2 Å². The molecule has 7 heteroatoms.